The lowest BCUT2D eigenvalue weighted by Gasteiger charge is -2.17. The van der Waals surface area contributed by atoms with E-state index >= 15 is 0 Å². The van der Waals surface area contributed by atoms with Gasteiger partial charge in [-0.05, 0) is 6.92 Å². The van der Waals surface area contributed by atoms with E-state index < -0.39 is 17.7 Å². The van der Waals surface area contributed by atoms with Gasteiger partial charge in [0.05, 0.1) is 6.04 Å². The molecule has 76 valence electrons. The summed E-state index contributed by atoms with van der Waals surface area (Å²) in [5.74, 6) is -4.75. The van der Waals surface area contributed by atoms with Gasteiger partial charge in [0, 0.05) is 5.56 Å². The van der Waals surface area contributed by atoms with Gasteiger partial charge in [-0.1, -0.05) is 30.3 Å². The number of hydrogen-bond acceptors (Lipinski definition) is 2. The van der Waals surface area contributed by atoms with Crippen molar-refractivity contribution >= 4 is 5.78 Å². The molecule has 0 saturated heterocycles. The molecule has 1 aromatic rings. The highest BCUT2D eigenvalue weighted by atomic mass is 19.3. The number of Topliss-reactive ketones (excluding diaryl/α,β-unsaturated/α-hetero) is 1. The van der Waals surface area contributed by atoms with Crippen molar-refractivity contribution < 1.29 is 13.6 Å². The topological polar surface area (TPSA) is 43.1 Å². The standard InChI is InChI=1S/C10H11F2NO/c1-7(13)9(14)10(11,12)8-5-3-2-4-6-8/h2-7H,13H2,1H3. The summed E-state index contributed by atoms with van der Waals surface area (Å²) in [5, 5.41) is 0. The second-order valence-electron chi connectivity index (χ2n) is 3.09. The molecule has 0 radical (unpaired) electrons. The van der Waals surface area contributed by atoms with E-state index in [0.717, 1.165) is 0 Å². The number of carbonyl (C=O) groups is 1. The van der Waals surface area contributed by atoms with Crippen LogP contribution in [-0.2, 0) is 10.7 Å². The second-order valence-corrected chi connectivity index (χ2v) is 3.09. The Morgan fingerprint density at radius 1 is 1.36 bits per heavy atom. The Kier molecular flexibility index (Phi) is 2.96. The van der Waals surface area contributed by atoms with Gasteiger partial charge < -0.3 is 5.73 Å². The summed E-state index contributed by atoms with van der Waals surface area (Å²) in [6, 6.07) is 5.77. The maximum Gasteiger partial charge on any atom is 0.332 e. The van der Waals surface area contributed by atoms with Crippen molar-refractivity contribution in [2.45, 2.75) is 18.9 Å². The number of halogens is 2. The van der Waals surface area contributed by atoms with Gasteiger partial charge in [0.15, 0.2) is 0 Å². The van der Waals surface area contributed by atoms with Crippen LogP contribution in [0.25, 0.3) is 0 Å². The van der Waals surface area contributed by atoms with Crippen molar-refractivity contribution in [1.29, 1.82) is 0 Å². The SMILES string of the molecule is CC(N)C(=O)C(F)(F)c1ccccc1. The van der Waals surface area contributed by atoms with Crippen molar-refractivity contribution in [3.8, 4) is 0 Å². The van der Waals surface area contributed by atoms with Gasteiger partial charge in [0.25, 0.3) is 0 Å². The molecule has 1 atom stereocenters. The van der Waals surface area contributed by atoms with Gasteiger partial charge in [-0.2, -0.15) is 8.78 Å². The molecular formula is C10H11F2NO. The van der Waals surface area contributed by atoms with E-state index in [1.165, 1.54) is 31.2 Å². The molecule has 2 nitrogen and oxygen atoms in total. The highest BCUT2D eigenvalue weighted by Gasteiger charge is 2.41. The largest absolute Gasteiger partial charge is 0.332 e. The van der Waals surface area contributed by atoms with Crippen molar-refractivity contribution in [3.05, 3.63) is 35.9 Å². The lowest BCUT2D eigenvalue weighted by atomic mass is 10.0. The second kappa shape index (κ2) is 3.84. The zero-order chi connectivity index (χ0) is 10.8. The number of alkyl halides is 2. The van der Waals surface area contributed by atoms with E-state index in [4.69, 9.17) is 5.73 Å². The maximum atomic E-state index is 13.4. The van der Waals surface area contributed by atoms with Crippen LogP contribution in [0.5, 0.6) is 0 Å². The molecule has 0 saturated carbocycles. The molecule has 0 heterocycles. The Balaban J connectivity index is 3.02. The Morgan fingerprint density at radius 3 is 2.29 bits per heavy atom. The normalized spacial score (nSPS) is 13.7. The average molecular weight is 199 g/mol. The molecule has 1 aromatic carbocycles. The van der Waals surface area contributed by atoms with E-state index in [1.54, 1.807) is 6.07 Å². The predicted molar refractivity (Wildman–Crippen MR) is 49.0 cm³/mol. The molecule has 0 spiro atoms. The molecule has 2 N–H and O–H groups in total. The summed E-state index contributed by atoms with van der Waals surface area (Å²) >= 11 is 0. The summed E-state index contributed by atoms with van der Waals surface area (Å²) in [6.45, 7) is 1.25. The summed E-state index contributed by atoms with van der Waals surface area (Å²) in [7, 11) is 0. The highest BCUT2D eigenvalue weighted by molar-refractivity contribution is 5.90. The molecular weight excluding hydrogens is 188 g/mol. The Hall–Kier alpha value is -1.29. The first-order valence-corrected chi connectivity index (χ1v) is 4.19. The van der Waals surface area contributed by atoms with Gasteiger partial charge in [0.1, 0.15) is 0 Å². The van der Waals surface area contributed by atoms with Crippen molar-refractivity contribution in [2.24, 2.45) is 5.73 Å². The molecule has 0 aliphatic carbocycles. The maximum absolute atomic E-state index is 13.4. The van der Waals surface area contributed by atoms with Gasteiger partial charge in [-0.25, -0.2) is 0 Å². The number of ketones is 1. The van der Waals surface area contributed by atoms with E-state index in [2.05, 4.69) is 0 Å². The number of benzene rings is 1. The van der Waals surface area contributed by atoms with Crippen LogP contribution in [-0.4, -0.2) is 11.8 Å². The third kappa shape index (κ3) is 1.96. The number of hydrogen-bond donors (Lipinski definition) is 1. The molecule has 1 unspecified atom stereocenters. The molecule has 1 rings (SSSR count). The molecule has 0 bridgehead atoms. The fraction of sp³-hybridized carbons (Fsp3) is 0.300. The van der Waals surface area contributed by atoms with Crippen LogP contribution in [0.4, 0.5) is 8.78 Å². The lowest BCUT2D eigenvalue weighted by Crippen LogP contribution is -2.39. The molecule has 0 aliphatic heterocycles. The highest BCUT2D eigenvalue weighted by Crippen LogP contribution is 2.29. The fourth-order valence-electron chi connectivity index (χ4n) is 1.08. The Bertz CT molecular complexity index is 322. The first-order chi connectivity index (χ1) is 6.46. The monoisotopic (exact) mass is 199 g/mol. The lowest BCUT2D eigenvalue weighted by molar-refractivity contribution is -0.145. The number of carbonyl (C=O) groups excluding carboxylic acids is 1. The van der Waals surface area contributed by atoms with Crippen LogP contribution < -0.4 is 5.73 Å². The number of nitrogens with two attached hydrogens (primary N) is 1. The first-order valence-electron chi connectivity index (χ1n) is 4.19. The van der Waals surface area contributed by atoms with Crippen LogP contribution >= 0.6 is 0 Å². The summed E-state index contributed by atoms with van der Waals surface area (Å²) in [6.07, 6.45) is 0. The van der Waals surface area contributed by atoms with E-state index in [9.17, 15) is 13.6 Å². The van der Waals surface area contributed by atoms with Crippen molar-refractivity contribution in [3.63, 3.8) is 0 Å². The van der Waals surface area contributed by atoms with E-state index in [1.807, 2.05) is 0 Å². The van der Waals surface area contributed by atoms with Crippen LogP contribution in [0.3, 0.4) is 0 Å². The smallest absolute Gasteiger partial charge is 0.322 e. The molecule has 14 heavy (non-hydrogen) atoms. The van der Waals surface area contributed by atoms with Gasteiger partial charge >= 0.3 is 5.92 Å². The zero-order valence-corrected chi connectivity index (χ0v) is 7.71. The average Bonchev–Trinajstić information content (AvgIpc) is 2.18. The molecule has 0 aliphatic rings. The van der Waals surface area contributed by atoms with E-state index in [0.29, 0.717) is 0 Å². The Labute approximate surface area is 80.7 Å². The summed E-state index contributed by atoms with van der Waals surface area (Å²) in [5.41, 5.74) is 4.81. The molecule has 0 aromatic heterocycles. The first kappa shape index (κ1) is 10.8. The molecule has 0 fully saturated rings. The number of rotatable bonds is 3. The van der Waals surface area contributed by atoms with Crippen LogP contribution in [0.2, 0.25) is 0 Å². The Morgan fingerprint density at radius 2 is 1.86 bits per heavy atom. The van der Waals surface area contributed by atoms with Crippen molar-refractivity contribution in [1.82, 2.24) is 0 Å². The fourth-order valence-corrected chi connectivity index (χ4v) is 1.08. The van der Waals surface area contributed by atoms with Crippen LogP contribution in [0, 0.1) is 0 Å². The third-order valence-corrected chi connectivity index (χ3v) is 1.86. The zero-order valence-electron chi connectivity index (χ0n) is 7.71. The quantitative estimate of drug-likeness (QED) is 0.805. The molecule has 0 amide bonds. The summed E-state index contributed by atoms with van der Waals surface area (Å²) in [4.78, 5) is 11.1. The minimum Gasteiger partial charge on any atom is -0.322 e. The van der Waals surface area contributed by atoms with Crippen molar-refractivity contribution in [2.75, 3.05) is 0 Å². The van der Waals surface area contributed by atoms with Crippen LogP contribution in [0.15, 0.2) is 30.3 Å². The summed E-state index contributed by atoms with van der Waals surface area (Å²) < 4.78 is 26.7. The minimum absolute atomic E-state index is 0.317. The van der Waals surface area contributed by atoms with Gasteiger partial charge in [-0.15, -0.1) is 0 Å². The van der Waals surface area contributed by atoms with Crippen LogP contribution in [0.1, 0.15) is 12.5 Å². The van der Waals surface area contributed by atoms with Gasteiger partial charge in [-0.3, -0.25) is 4.79 Å². The minimum atomic E-state index is -3.49. The predicted octanol–water partition coefficient (Wildman–Crippen LogP) is 1.69. The molecule has 4 heteroatoms. The van der Waals surface area contributed by atoms with Gasteiger partial charge in [0.2, 0.25) is 5.78 Å². The third-order valence-electron chi connectivity index (χ3n) is 1.86. The van der Waals surface area contributed by atoms with E-state index in [-0.39, 0.29) is 5.56 Å².